The van der Waals surface area contributed by atoms with Crippen LogP contribution in [0, 0.1) is 18.3 Å². The Morgan fingerprint density at radius 1 is 0.967 bits per heavy atom. The van der Waals surface area contributed by atoms with Crippen molar-refractivity contribution in [3.8, 4) is 6.07 Å². The SMILES string of the molecule is Cc1cccc(C(C)C)c1NC(=O)c1cncc(C(=O)Nc2ccccc2C#N)c1. The standard InChI is InChI=1S/C24H22N4O2/c1-15(2)20-9-6-7-16(3)22(20)28-24(30)19-11-18(13-26-14-19)23(29)27-21-10-5-4-8-17(21)12-25/h4-11,13-15H,1-3H3,(H,27,29)(H,28,30). The van der Waals surface area contributed by atoms with Crippen molar-refractivity contribution in [3.05, 3.63) is 88.7 Å². The molecule has 2 amide bonds. The number of amides is 2. The molecular weight excluding hydrogens is 376 g/mol. The Labute approximate surface area is 175 Å². The summed E-state index contributed by atoms with van der Waals surface area (Å²) in [5, 5.41) is 14.8. The number of para-hydroxylation sites is 2. The maximum absolute atomic E-state index is 12.8. The molecule has 0 fully saturated rings. The minimum atomic E-state index is -0.446. The van der Waals surface area contributed by atoms with Crippen LogP contribution in [-0.4, -0.2) is 16.8 Å². The predicted octanol–water partition coefficient (Wildman–Crippen LogP) is 4.89. The maximum Gasteiger partial charge on any atom is 0.257 e. The van der Waals surface area contributed by atoms with Gasteiger partial charge in [-0.05, 0) is 42.2 Å². The number of carbonyl (C=O) groups is 2. The minimum Gasteiger partial charge on any atom is -0.321 e. The van der Waals surface area contributed by atoms with E-state index in [1.54, 1.807) is 24.3 Å². The number of rotatable bonds is 5. The Balaban J connectivity index is 1.83. The summed E-state index contributed by atoms with van der Waals surface area (Å²) in [5.41, 5.74) is 4.03. The van der Waals surface area contributed by atoms with Gasteiger partial charge in [-0.15, -0.1) is 0 Å². The van der Waals surface area contributed by atoms with Gasteiger partial charge >= 0.3 is 0 Å². The van der Waals surface area contributed by atoms with Crippen molar-refractivity contribution in [2.75, 3.05) is 10.6 Å². The molecule has 3 rings (SSSR count). The van der Waals surface area contributed by atoms with Gasteiger partial charge in [-0.25, -0.2) is 0 Å². The number of aryl methyl sites for hydroxylation is 1. The first-order chi connectivity index (χ1) is 14.4. The summed E-state index contributed by atoms with van der Waals surface area (Å²) >= 11 is 0. The van der Waals surface area contributed by atoms with Crippen molar-refractivity contribution in [1.29, 1.82) is 5.26 Å². The summed E-state index contributed by atoms with van der Waals surface area (Å²) in [5.74, 6) is -0.542. The van der Waals surface area contributed by atoms with Crippen LogP contribution in [0.2, 0.25) is 0 Å². The third-order valence-electron chi connectivity index (χ3n) is 4.72. The second-order valence-electron chi connectivity index (χ2n) is 7.22. The zero-order valence-electron chi connectivity index (χ0n) is 17.1. The Morgan fingerprint density at radius 2 is 1.63 bits per heavy atom. The lowest BCUT2D eigenvalue weighted by Gasteiger charge is -2.16. The fourth-order valence-corrected chi connectivity index (χ4v) is 3.10. The minimum absolute atomic E-state index is 0.226. The molecular formula is C24H22N4O2. The smallest absolute Gasteiger partial charge is 0.257 e. The van der Waals surface area contributed by atoms with E-state index < -0.39 is 5.91 Å². The van der Waals surface area contributed by atoms with Gasteiger partial charge in [0.25, 0.3) is 11.8 Å². The Morgan fingerprint density at radius 3 is 2.30 bits per heavy atom. The first kappa shape index (κ1) is 20.7. The van der Waals surface area contributed by atoms with Gasteiger partial charge in [0.15, 0.2) is 0 Å². The molecule has 6 nitrogen and oxygen atoms in total. The molecule has 0 aliphatic rings. The van der Waals surface area contributed by atoms with E-state index in [4.69, 9.17) is 0 Å². The lowest BCUT2D eigenvalue weighted by Crippen LogP contribution is -2.18. The molecule has 6 heteroatoms. The molecule has 0 spiro atoms. The molecule has 0 saturated carbocycles. The number of anilines is 2. The van der Waals surface area contributed by atoms with Gasteiger partial charge in [-0.1, -0.05) is 44.2 Å². The predicted molar refractivity (Wildman–Crippen MR) is 117 cm³/mol. The van der Waals surface area contributed by atoms with E-state index >= 15 is 0 Å². The lowest BCUT2D eigenvalue weighted by atomic mass is 9.98. The molecule has 1 heterocycles. The molecule has 0 saturated heterocycles. The van der Waals surface area contributed by atoms with Gasteiger partial charge in [0.2, 0.25) is 0 Å². The van der Waals surface area contributed by atoms with Gasteiger partial charge in [0, 0.05) is 18.1 Å². The van der Waals surface area contributed by atoms with Gasteiger partial charge in [-0.3, -0.25) is 14.6 Å². The van der Waals surface area contributed by atoms with Crippen LogP contribution in [0.1, 0.15) is 57.2 Å². The van der Waals surface area contributed by atoms with Gasteiger partial charge in [-0.2, -0.15) is 5.26 Å². The molecule has 2 N–H and O–H groups in total. The number of hydrogen-bond donors (Lipinski definition) is 2. The van der Waals surface area contributed by atoms with Crippen LogP contribution in [0.3, 0.4) is 0 Å². The molecule has 0 aliphatic heterocycles. The third-order valence-corrected chi connectivity index (χ3v) is 4.72. The van der Waals surface area contributed by atoms with Crippen molar-refractivity contribution in [3.63, 3.8) is 0 Å². The summed E-state index contributed by atoms with van der Waals surface area (Å²) in [6, 6.07) is 16.1. The summed E-state index contributed by atoms with van der Waals surface area (Å²) in [6.45, 7) is 6.07. The first-order valence-corrected chi connectivity index (χ1v) is 9.57. The van der Waals surface area contributed by atoms with Crippen LogP contribution in [0.25, 0.3) is 0 Å². The number of carbonyl (C=O) groups excluding carboxylic acids is 2. The van der Waals surface area contributed by atoms with Crippen LogP contribution >= 0.6 is 0 Å². The average Bonchev–Trinajstić information content (AvgIpc) is 2.75. The average molecular weight is 398 g/mol. The molecule has 0 atom stereocenters. The summed E-state index contributed by atoms with van der Waals surface area (Å²) in [4.78, 5) is 29.5. The van der Waals surface area contributed by atoms with Crippen LogP contribution < -0.4 is 10.6 Å². The number of nitrogens with zero attached hydrogens (tertiary/aromatic N) is 2. The molecule has 2 aromatic carbocycles. The molecule has 0 bridgehead atoms. The van der Waals surface area contributed by atoms with E-state index in [1.807, 2.05) is 31.2 Å². The number of pyridine rings is 1. The Hall–Kier alpha value is -3.98. The summed E-state index contributed by atoms with van der Waals surface area (Å²) < 4.78 is 0. The van der Waals surface area contributed by atoms with Crippen molar-refractivity contribution in [1.82, 2.24) is 4.98 Å². The summed E-state index contributed by atoms with van der Waals surface area (Å²) in [6.07, 6.45) is 2.80. The fourth-order valence-electron chi connectivity index (χ4n) is 3.10. The number of nitriles is 1. The van der Waals surface area contributed by atoms with Crippen LogP contribution in [-0.2, 0) is 0 Å². The monoisotopic (exact) mass is 398 g/mol. The molecule has 0 aliphatic carbocycles. The van der Waals surface area contributed by atoms with Crippen molar-refractivity contribution >= 4 is 23.2 Å². The first-order valence-electron chi connectivity index (χ1n) is 9.57. The van der Waals surface area contributed by atoms with Gasteiger partial charge in [0.05, 0.1) is 22.4 Å². The van der Waals surface area contributed by atoms with E-state index in [0.29, 0.717) is 11.3 Å². The van der Waals surface area contributed by atoms with E-state index in [1.165, 1.54) is 18.5 Å². The van der Waals surface area contributed by atoms with Crippen molar-refractivity contribution in [2.24, 2.45) is 0 Å². The lowest BCUT2D eigenvalue weighted by molar-refractivity contribution is 0.102. The van der Waals surface area contributed by atoms with E-state index in [-0.39, 0.29) is 23.0 Å². The van der Waals surface area contributed by atoms with Crippen LogP contribution in [0.15, 0.2) is 60.9 Å². The van der Waals surface area contributed by atoms with Gasteiger partial charge < -0.3 is 10.6 Å². The Kier molecular flexibility index (Phi) is 6.23. The fraction of sp³-hybridized carbons (Fsp3) is 0.167. The number of benzene rings is 2. The van der Waals surface area contributed by atoms with Crippen LogP contribution in [0.5, 0.6) is 0 Å². The molecule has 1 aromatic heterocycles. The zero-order valence-corrected chi connectivity index (χ0v) is 17.1. The molecule has 0 radical (unpaired) electrons. The topological polar surface area (TPSA) is 94.9 Å². The second-order valence-corrected chi connectivity index (χ2v) is 7.22. The highest BCUT2D eigenvalue weighted by Gasteiger charge is 2.16. The van der Waals surface area contributed by atoms with Crippen LogP contribution in [0.4, 0.5) is 11.4 Å². The zero-order chi connectivity index (χ0) is 21.7. The molecule has 3 aromatic rings. The molecule has 150 valence electrons. The van der Waals surface area contributed by atoms with E-state index in [0.717, 1.165) is 16.8 Å². The highest BCUT2D eigenvalue weighted by Crippen LogP contribution is 2.28. The third kappa shape index (κ3) is 4.53. The quantitative estimate of drug-likeness (QED) is 0.640. The largest absolute Gasteiger partial charge is 0.321 e. The van der Waals surface area contributed by atoms with Gasteiger partial charge in [0.1, 0.15) is 6.07 Å². The second kappa shape index (κ2) is 9.01. The molecule has 30 heavy (non-hydrogen) atoms. The molecule has 0 unspecified atom stereocenters. The van der Waals surface area contributed by atoms with E-state index in [9.17, 15) is 14.9 Å². The summed E-state index contributed by atoms with van der Waals surface area (Å²) in [7, 11) is 0. The van der Waals surface area contributed by atoms with E-state index in [2.05, 4.69) is 29.5 Å². The normalized spacial score (nSPS) is 10.4. The Bertz CT molecular complexity index is 1150. The maximum atomic E-state index is 12.8. The number of hydrogen-bond acceptors (Lipinski definition) is 4. The van der Waals surface area contributed by atoms with Crippen molar-refractivity contribution in [2.45, 2.75) is 26.7 Å². The highest BCUT2D eigenvalue weighted by atomic mass is 16.2. The number of nitrogens with one attached hydrogen (secondary N) is 2. The van der Waals surface area contributed by atoms with Crippen molar-refractivity contribution < 1.29 is 9.59 Å². The number of aromatic nitrogens is 1. The highest BCUT2D eigenvalue weighted by molar-refractivity contribution is 6.09.